The van der Waals surface area contributed by atoms with E-state index in [0.29, 0.717) is 40.1 Å². The van der Waals surface area contributed by atoms with E-state index in [0.717, 1.165) is 17.8 Å². The van der Waals surface area contributed by atoms with Crippen LogP contribution in [0.25, 0.3) is 0 Å². The molecule has 0 aliphatic carbocycles. The van der Waals surface area contributed by atoms with Crippen LogP contribution in [-0.2, 0) is 11.2 Å². The molecule has 0 aromatic carbocycles. The van der Waals surface area contributed by atoms with Crippen LogP contribution < -0.4 is 16.0 Å². The standard InChI is InChI=1S/C17H25N7OS/c1-8(2)6-11-16(25)21-13-14(20-11)18-10(5)19-15(13)22-17-24-23-12(26-17)7-9(3)4/h8-9,11H,6-7H2,1-5H3,(H,21,25)(H2,18,19,20,22,24). The first-order valence-electron chi connectivity index (χ1n) is 8.87. The number of carbonyl (C=O) groups excluding carboxylic acids is 1. The summed E-state index contributed by atoms with van der Waals surface area (Å²) < 4.78 is 0. The van der Waals surface area contributed by atoms with E-state index in [-0.39, 0.29) is 11.9 Å². The van der Waals surface area contributed by atoms with Crippen LogP contribution in [0.15, 0.2) is 0 Å². The molecule has 1 unspecified atom stereocenters. The molecular formula is C17H25N7OS. The maximum Gasteiger partial charge on any atom is 0.247 e. The Hall–Kier alpha value is -2.29. The van der Waals surface area contributed by atoms with Crippen molar-refractivity contribution in [3.8, 4) is 0 Å². The quantitative estimate of drug-likeness (QED) is 0.711. The molecule has 1 aliphatic heterocycles. The third-order valence-corrected chi connectivity index (χ3v) is 4.74. The highest BCUT2D eigenvalue weighted by Crippen LogP contribution is 2.34. The minimum atomic E-state index is -0.288. The summed E-state index contributed by atoms with van der Waals surface area (Å²) in [6, 6.07) is -0.288. The maximum atomic E-state index is 12.4. The van der Waals surface area contributed by atoms with Crippen molar-refractivity contribution in [3.63, 3.8) is 0 Å². The number of carbonyl (C=O) groups is 1. The Balaban J connectivity index is 1.84. The van der Waals surface area contributed by atoms with Gasteiger partial charge in [-0.2, -0.15) is 0 Å². The number of fused-ring (bicyclic) bond motifs is 1. The highest BCUT2D eigenvalue weighted by atomic mass is 32.1. The van der Waals surface area contributed by atoms with Crippen molar-refractivity contribution >= 4 is 39.7 Å². The van der Waals surface area contributed by atoms with Gasteiger partial charge in [0.05, 0.1) is 0 Å². The zero-order valence-electron chi connectivity index (χ0n) is 15.8. The molecule has 2 aromatic rings. The minimum absolute atomic E-state index is 0.0699. The van der Waals surface area contributed by atoms with Crippen LogP contribution in [0, 0.1) is 18.8 Å². The molecule has 1 amide bonds. The molecule has 0 saturated heterocycles. The molecule has 0 radical (unpaired) electrons. The van der Waals surface area contributed by atoms with E-state index < -0.39 is 0 Å². The van der Waals surface area contributed by atoms with Gasteiger partial charge in [-0.05, 0) is 25.2 Å². The fourth-order valence-corrected chi connectivity index (χ4v) is 3.75. The van der Waals surface area contributed by atoms with E-state index in [2.05, 4.69) is 63.8 Å². The lowest BCUT2D eigenvalue weighted by Gasteiger charge is -2.28. The highest BCUT2D eigenvalue weighted by molar-refractivity contribution is 7.15. The van der Waals surface area contributed by atoms with Crippen molar-refractivity contribution < 1.29 is 4.79 Å². The summed E-state index contributed by atoms with van der Waals surface area (Å²) in [6.07, 6.45) is 1.63. The molecule has 9 heteroatoms. The van der Waals surface area contributed by atoms with Crippen molar-refractivity contribution in [2.24, 2.45) is 11.8 Å². The van der Waals surface area contributed by atoms with Gasteiger partial charge in [0.15, 0.2) is 11.6 Å². The highest BCUT2D eigenvalue weighted by Gasteiger charge is 2.29. The average Bonchev–Trinajstić information content (AvgIpc) is 2.94. The van der Waals surface area contributed by atoms with Gasteiger partial charge < -0.3 is 16.0 Å². The first-order valence-corrected chi connectivity index (χ1v) is 9.69. The van der Waals surface area contributed by atoms with Gasteiger partial charge in [0, 0.05) is 6.42 Å². The molecule has 0 fully saturated rings. The van der Waals surface area contributed by atoms with E-state index in [1.807, 2.05) is 6.92 Å². The van der Waals surface area contributed by atoms with Gasteiger partial charge >= 0.3 is 0 Å². The molecular weight excluding hydrogens is 350 g/mol. The van der Waals surface area contributed by atoms with E-state index in [1.54, 1.807) is 0 Å². The lowest BCUT2D eigenvalue weighted by Crippen LogP contribution is -2.40. The second kappa shape index (κ2) is 7.53. The summed E-state index contributed by atoms with van der Waals surface area (Å²) in [5.41, 5.74) is 0.557. The van der Waals surface area contributed by atoms with Crippen molar-refractivity contribution in [1.29, 1.82) is 0 Å². The van der Waals surface area contributed by atoms with Crippen LogP contribution in [-0.4, -0.2) is 32.1 Å². The molecule has 140 valence electrons. The van der Waals surface area contributed by atoms with Crippen molar-refractivity contribution in [2.75, 3.05) is 16.0 Å². The number of amides is 1. The first kappa shape index (κ1) is 18.5. The van der Waals surface area contributed by atoms with E-state index in [9.17, 15) is 4.79 Å². The van der Waals surface area contributed by atoms with Gasteiger partial charge in [0.2, 0.25) is 11.0 Å². The number of anilines is 4. The molecule has 8 nitrogen and oxygen atoms in total. The second-order valence-electron chi connectivity index (χ2n) is 7.38. The number of nitrogens with zero attached hydrogens (tertiary/aromatic N) is 4. The lowest BCUT2D eigenvalue weighted by molar-refractivity contribution is -0.117. The Bertz CT molecular complexity index is 802. The number of aromatic nitrogens is 4. The number of nitrogens with one attached hydrogen (secondary N) is 3. The zero-order chi connectivity index (χ0) is 18.8. The zero-order valence-corrected chi connectivity index (χ0v) is 16.6. The minimum Gasteiger partial charge on any atom is -0.356 e. The fraction of sp³-hybridized carbons (Fsp3) is 0.588. The van der Waals surface area contributed by atoms with E-state index in [1.165, 1.54) is 11.3 Å². The van der Waals surface area contributed by atoms with Crippen LogP contribution in [0.4, 0.5) is 22.5 Å². The Labute approximate surface area is 157 Å². The summed E-state index contributed by atoms with van der Waals surface area (Å²) in [7, 11) is 0. The molecule has 0 spiro atoms. The predicted molar refractivity (Wildman–Crippen MR) is 104 cm³/mol. The summed E-state index contributed by atoms with van der Waals surface area (Å²) in [4.78, 5) is 21.3. The average molecular weight is 376 g/mol. The van der Waals surface area contributed by atoms with Gasteiger partial charge in [-0.1, -0.05) is 39.0 Å². The van der Waals surface area contributed by atoms with Crippen LogP contribution >= 0.6 is 11.3 Å². The number of rotatable bonds is 6. The Morgan fingerprint density at radius 1 is 1.15 bits per heavy atom. The largest absolute Gasteiger partial charge is 0.356 e. The Morgan fingerprint density at radius 2 is 1.92 bits per heavy atom. The van der Waals surface area contributed by atoms with Crippen molar-refractivity contribution in [3.05, 3.63) is 10.8 Å². The number of hydrogen-bond acceptors (Lipinski definition) is 8. The van der Waals surface area contributed by atoms with Crippen LogP contribution in [0.5, 0.6) is 0 Å². The second-order valence-corrected chi connectivity index (χ2v) is 8.44. The topological polar surface area (TPSA) is 105 Å². The molecule has 26 heavy (non-hydrogen) atoms. The fourth-order valence-electron chi connectivity index (χ4n) is 2.80. The molecule has 3 heterocycles. The maximum absolute atomic E-state index is 12.4. The molecule has 1 aliphatic rings. The monoisotopic (exact) mass is 375 g/mol. The lowest BCUT2D eigenvalue weighted by atomic mass is 10.0. The third kappa shape index (κ3) is 4.27. The molecule has 3 N–H and O–H groups in total. The molecule has 0 saturated carbocycles. The molecule has 2 aromatic heterocycles. The van der Waals surface area contributed by atoms with Crippen molar-refractivity contribution in [1.82, 2.24) is 20.2 Å². The summed E-state index contributed by atoms with van der Waals surface area (Å²) >= 11 is 1.50. The molecule has 3 rings (SSSR count). The summed E-state index contributed by atoms with van der Waals surface area (Å²) in [5.74, 6) is 2.64. The smallest absolute Gasteiger partial charge is 0.247 e. The van der Waals surface area contributed by atoms with Gasteiger partial charge in [-0.3, -0.25) is 4.79 Å². The summed E-state index contributed by atoms with van der Waals surface area (Å²) in [5, 5.41) is 19.4. The first-order chi connectivity index (χ1) is 12.3. The summed E-state index contributed by atoms with van der Waals surface area (Å²) in [6.45, 7) is 10.3. The van der Waals surface area contributed by atoms with Crippen molar-refractivity contribution in [2.45, 2.75) is 53.5 Å². The third-order valence-electron chi connectivity index (χ3n) is 3.88. The van der Waals surface area contributed by atoms with Crippen LogP contribution in [0.1, 0.15) is 44.9 Å². The van der Waals surface area contributed by atoms with E-state index in [4.69, 9.17) is 0 Å². The SMILES string of the molecule is Cc1nc(Nc2nnc(CC(C)C)s2)c2c(n1)NC(CC(C)C)C(=O)N2. The Morgan fingerprint density at radius 3 is 2.62 bits per heavy atom. The number of hydrogen-bond donors (Lipinski definition) is 3. The van der Waals surface area contributed by atoms with E-state index >= 15 is 0 Å². The molecule has 1 atom stereocenters. The Kier molecular flexibility index (Phi) is 5.36. The van der Waals surface area contributed by atoms with Crippen LogP contribution in [0.2, 0.25) is 0 Å². The molecule has 0 bridgehead atoms. The van der Waals surface area contributed by atoms with Gasteiger partial charge in [-0.15, -0.1) is 10.2 Å². The van der Waals surface area contributed by atoms with Gasteiger partial charge in [-0.25, -0.2) is 9.97 Å². The number of aryl methyl sites for hydroxylation is 1. The van der Waals surface area contributed by atoms with Crippen LogP contribution in [0.3, 0.4) is 0 Å². The van der Waals surface area contributed by atoms with Gasteiger partial charge in [0.1, 0.15) is 22.6 Å². The predicted octanol–water partition coefficient (Wildman–Crippen LogP) is 3.36. The van der Waals surface area contributed by atoms with Gasteiger partial charge in [0.25, 0.3) is 0 Å². The normalized spacial score (nSPS) is 16.4.